The Hall–Kier alpha value is -1.67. The van der Waals surface area contributed by atoms with Crippen LogP contribution >= 0.6 is 24.0 Å². The Kier molecular flexibility index (Phi) is 8.84. The Morgan fingerprint density at radius 3 is 2.42 bits per heavy atom. The van der Waals surface area contributed by atoms with Gasteiger partial charge in [0, 0.05) is 64.6 Å². The van der Waals surface area contributed by atoms with Gasteiger partial charge in [-0.05, 0) is 17.7 Å². The van der Waals surface area contributed by atoms with Gasteiger partial charge in [-0.15, -0.1) is 24.0 Å². The van der Waals surface area contributed by atoms with Crippen molar-refractivity contribution in [3.8, 4) is 0 Å². The normalized spacial score (nSPS) is 15.4. The van der Waals surface area contributed by atoms with Crippen molar-refractivity contribution in [2.24, 2.45) is 4.99 Å². The number of aliphatic imine (C=N–C) groups is 1. The van der Waals surface area contributed by atoms with E-state index >= 15 is 0 Å². The molecule has 1 N–H and O–H groups in total. The maximum atomic E-state index is 4.44. The molecule has 26 heavy (non-hydrogen) atoms. The molecule has 3 rings (SSSR count). The number of piperazine rings is 1. The number of pyridine rings is 1. The second-order valence-corrected chi connectivity index (χ2v) is 6.29. The average Bonchev–Trinajstić information content (AvgIpc) is 2.68. The second kappa shape index (κ2) is 11.1. The summed E-state index contributed by atoms with van der Waals surface area (Å²) >= 11 is 0. The van der Waals surface area contributed by atoms with E-state index in [2.05, 4.69) is 61.5 Å². The fraction of sp³-hybridized carbons (Fsp3) is 0.400. The van der Waals surface area contributed by atoms with E-state index in [0.717, 1.165) is 57.3 Å². The van der Waals surface area contributed by atoms with Gasteiger partial charge in [0.15, 0.2) is 5.96 Å². The van der Waals surface area contributed by atoms with Crippen LogP contribution in [0.15, 0.2) is 59.7 Å². The van der Waals surface area contributed by atoms with Crippen molar-refractivity contribution in [1.29, 1.82) is 0 Å². The van der Waals surface area contributed by atoms with Crippen LogP contribution in [-0.4, -0.2) is 60.5 Å². The van der Waals surface area contributed by atoms with Gasteiger partial charge in [0.05, 0.1) is 0 Å². The maximum Gasteiger partial charge on any atom is 0.193 e. The van der Waals surface area contributed by atoms with Crippen molar-refractivity contribution in [1.82, 2.24) is 20.1 Å². The zero-order valence-corrected chi connectivity index (χ0v) is 17.7. The van der Waals surface area contributed by atoms with E-state index in [1.54, 1.807) is 0 Å². The van der Waals surface area contributed by atoms with Gasteiger partial charge in [-0.3, -0.25) is 14.9 Å². The molecular formula is C20H28IN5. The average molecular weight is 465 g/mol. The molecule has 0 aliphatic carbocycles. The van der Waals surface area contributed by atoms with Crippen molar-refractivity contribution in [2.45, 2.75) is 13.0 Å². The number of guanidine groups is 1. The second-order valence-electron chi connectivity index (χ2n) is 6.29. The minimum atomic E-state index is 0. The molecule has 0 unspecified atom stereocenters. The summed E-state index contributed by atoms with van der Waals surface area (Å²) in [6.45, 7) is 6.03. The molecule has 1 fully saturated rings. The molecular weight excluding hydrogens is 437 g/mol. The summed E-state index contributed by atoms with van der Waals surface area (Å²) in [5.74, 6) is 0.996. The third-order valence-corrected chi connectivity index (χ3v) is 4.52. The van der Waals surface area contributed by atoms with Crippen LogP contribution in [-0.2, 0) is 13.0 Å². The van der Waals surface area contributed by atoms with Crippen molar-refractivity contribution in [2.75, 3.05) is 39.8 Å². The van der Waals surface area contributed by atoms with Crippen LogP contribution in [0.25, 0.3) is 0 Å². The Labute approximate surface area is 173 Å². The first-order valence-electron chi connectivity index (χ1n) is 8.97. The summed E-state index contributed by atoms with van der Waals surface area (Å²) in [5.41, 5.74) is 2.49. The van der Waals surface area contributed by atoms with E-state index in [9.17, 15) is 0 Å². The zero-order chi connectivity index (χ0) is 17.3. The topological polar surface area (TPSA) is 43.8 Å². The largest absolute Gasteiger partial charge is 0.356 e. The van der Waals surface area contributed by atoms with Gasteiger partial charge < -0.3 is 10.2 Å². The summed E-state index contributed by atoms with van der Waals surface area (Å²) in [6.07, 6.45) is 2.75. The molecule has 1 aromatic heterocycles. The molecule has 5 nitrogen and oxygen atoms in total. The summed E-state index contributed by atoms with van der Waals surface area (Å²) in [4.78, 5) is 13.7. The van der Waals surface area contributed by atoms with E-state index in [1.807, 2.05) is 25.4 Å². The SMILES string of the molecule is CN=C(NCCc1ccccn1)N1CCN(Cc2ccccc2)CC1.I. The van der Waals surface area contributed by atoms with Crippen LogP contribution in [0.3, 0.4) is 0 Å². The van der Waals surface area contributed by atoms with Crippen LogP contribution in [0.2, 0.25) is 0 Å². The minimum Gasteiger partial charge on any atom is -0.356 e. The number of hydrogen-bond acceptors (Lipinski definition) is 3. The lowest BCUT2D eigenvalue weighted by Gasteiger charge is -2.36. The van der Waals surface area contributed by atoms with Gasteiger partial charge in [-0.2, -0.15) is 0 Å². The molecule has 0 spiro atoms. The molecule has 0 radical (unpaired) electrons. The number of nitrogens with one attached hydrogen (secondary N) is 1. The summed E-state index contributed by atoms with van der Waals surface area (Å²) < 4.78 is 0. The number of rotatable bonds is 5. The number of halogens is 1. The maximum absolute atomic E-state index is 4.44. The van der Waals surface area contributed by atoms with Crippen LogP contribution in [0, 0.1) is 0 Å². The number of hydrogen-bond donors (Lipinski definition) is 1. The summed E-state index contributed by atoms with van der Waals surface area (Å²) in [6, 6.07) is 16.7. The highest BCUT2D eigenvalue weighted by Gasteiger charge is 2.19. The molecule has 0 amide bonds. The lowest BCUT2D eigenvalue weighted by molar-refractivity contribution is 0.172. The highest BCUT2D eigenvalue weighted by Crippen LogP contribution is 2.08. The number of nitrogens with zero attached hydrogens (tertiary/aromatic N) is 4. The van der Waals surface area contributed by atoms with Crippen LogP contribution < -0.4 is 5.32 Å². The highest BCUT2D eigenvalue weighted by atomic mass is 127. The molecule has 1 aliphatic heterocycles. The Bertz CT molecular complexity index is 654. The molecule has 2 heterocycles. The Balaban J connectivity index is 0.00000243. The first-order valence-corrected chi connectivity index (χ1v) is 8.97. The van der Waals surface area contributed by atoms with Crippen molar-refractivity contribution < 1.29 is 0 Å². The molecule has 1 aromatic carbocycles. The summed E-state index contributed by atoms with van der Waals surface area (Å²) in [7, 11) is 1.86. The van der Waals surface area contributed by atoms with E-state index in [1.165, 1.54) is 5.56 Å². The minimum absolute atomic E-state index is 0. The fourth-order valence-corrected chi connectivity index (χ4v) is 3.14. The van der Waals surface area contributed by atoms with E-state index in [0.29, 0.717) is 0 Å². The summed E-state index contributed by atoms with van der Waals surface area (Å²) in [5, 5.41) is 3.47. The third kappa shape index (κ3) is 6.25. The lowest BCUT2D eigenvalue weighted by Crippen LogP contribution is -2.52. The van der Waals surface area contributed by atoms with Crippen molar-refractivity contribution in [3.63, 3.8) is 0 Å². The van der Waals surface area contributed by atoms with Gasteiger partial charge in [0.1, 0.15) is 0 Å². The van der Waals surface area contributed by atoms with Crippen molar-refractivity contribution in [3.05, 3.63) is 66.0 Å². The predicted molar refractivity (Wildman–Crippen MR) is 118 cm³/mol. The fourth-order valence-electron chi connectivity index (χ4n) is 3.14. The van der Waals surface area contributed by atoms with E-state index in [4.69, 9.17) is 0 Å². The number of benzene rings is 1. The molecule has 0 atom stereocenters. The monoisotopic (exact) mass is 465 g/mol. The molecule has 140 valence electrons. The smallest absolute Gasteiger partial charge is 0.193 e. The van der Waals surface area contributed by atoms with Gasteiger partial charge in [-0.1, -0.05) is 36.4 Å². The van der Waals surface area contributed by atoms with Gasteiger partial charge in [-0.25, -0.2) is 0 Å². The van der Waals surface area contributed by atoms with E-state index < -0.39 is 0 Å². The third-order valence-electron chi connectivity index (χ3n) is 4.52. The van der Waals surface area contributed by atoms with E-state index in [-0.39, 0.29) is 24.0 Å². The lowest BCUT2D eigenvalue weighted by atomic mass is 10.2. The van der Waals surface area contributed by atoms with Crippen LogP contribution in [0.1, 0.15) is 11.3 Å². The molecule has 1 saturated heterocycles. The molecule has 1 aliphatic rings. The van der Waals surface area contributed by atoms with Crippen LogP contribution in [0.4, 0.5) is 0 Å². The van der Waals surface area contributed by atoms with Gasteiger partial charge in [0.25, 0.3) is 0 Å². The van der Waals surface area contributed by atoms with Crippen LogP contribution in [0.5, 0.6) is 0 Å². The number of aromatic nitrogens is 1. The highest BCUT2D eigenvalue weighted by molar-refractivity contribution is 14.0. The zero-order valence-electron chi connectivity index (χ0n) is 15.3. The van der Waals surface area contributed by atoms with Gasteiger partial charge in [0.2, 0.25) is 0 Å². The quantitative estimate of drug-likeness (QED) is 0.419. The predicted octanol–water partition coefficient (Wildman–Crippen LogP) is 2.64. The Morgan fingerprint density at radius 1 is 1.04 bits per heavy atom. The molecule has 2 aromatic rings. The Morgan fingerprint density at radius 2 is 1.77 bits per heavy atom. The van der Waals surface area contributed by atoms with Gasteiger partial charge >= 0.3 is 0 Å². The molecule has 0 bridgehead atoms. The standard InChI is InChI=1S/C20H27N5.HI/c1-21-20(23-12-10-19-9-5-6-11-22-19)25-15-13-24(14-16-25)17-18-7-3-2-4-8-18;/h2-9,11H,10,12-17H2,1H3,(H,21,23);1H. The first-order chi connectivity index (χ1) is 12.3. The van der Waals surface area contributed by atoms with Crippen molar-refractivity contribution >= 4 is 29.9 Å². The first kappa shape index (κ1) is 20.6. The molecule has 0 saturated carbocycles. The molecule has 6 heteroatoms.